The highest BCUT2D eigenvalue weighted by Crippen LogP contribution is 2.33. The SMILES string of the molecule is Cc1nc(-c2ccco2)nc2sc(C(=O)Nc3ccc(N4CCOCC4)nc3)c(C)c12. The monoisotopic (exact) mass is 435 g/mol. The molecule has 5 heterocycles. The van der Waals surface area contributed by atoms with Gasteiger partial charge in [-0.15, -0.1) is 11.3 Å². The minimum Gasteiger partial charge on any atom is -0.461 e. The highest BCUT2D eigenvalue weighted by atomic mass is 32.1. The molecule has 4 aromatic rings. The van der Waals surface area contributed by atoms with E-state index < -0.39 is 0 Å². The number of fused-ring (bicyclic) bond motifs is 1. The van der Waals surface area contributed by atoms with E-state index in [0.29, 0.717) is 35.4 Å². The molecule has 0 unspecified atom stereocenters. The number of anilines is 2. The quantitative estimate of drug-likeness (QED) is 0.517. The van der Waals surface area contributed by atoms with Gasteiger partial charge in [0.05, 0.1) is 41.9 Å². The minimum atomic E-state index is -0.180. The van der Waals surface area contributed by atoms with E-state index in [-0.39, 0.29) is 5.91 Å². The lowest BCUT2D eigenvalue weighted by Crippen LogP contribution is -2.36. The number of nitrogens with zero attached hydrogens (tertiary/aromatic N) is 4. The Bertz CT molecular complexity index is 1230. The number of furan rings is 1. The zero-order valence-corrected chi connectivity index (χ0v) is 18.0. The van der Waals surface area contributed by atoms with Crippen molar-refractivity contribution in [2.24, 2.45) is 0 Å². The number of hydrogen-bond donors (Lipinski definition) is 1. The lowest BCUT2D eigenvalue weighted by molar-refractivity contribution is 0.103. The van der Waals surface area contributed by atoms with Crippen molar-refractivity contribution in [3.63, 3.8) is 0 Å². The van der Waals surface area contributed by atoms with Crippen LogP contribution in [-0.2, 0) is 4.74 Å². The maximum absolute atomic E-state index is 13.0. The minimum absolute atomic E-state index is 0.180. The molecule has 1 fully saturated rings. The second kappa shape index (κ2) is 8.09. The number of aryl methyl sites for hydroxylation is 2. The van der Waals surface area contributed by atoms with E-state index in [4.69, 9.17) is 9.15 Å². The van der Waals surface area contributed by atoms with Gasteiger partial charge >= 0.3 is 0 Å². The van der Waals surface area contributed by atoms with Crippen molar-refractivity contribution in [2.45, 2.75) is 13.8 Å². The number of carbonyl (C=O) groups is 1. The molecular formula is C22H21N5O3S. The second-order valence-electron chi connectivity index (χ2n) is 7.30. The van der Waals surface area contributed by atoms with Crippen LogP contribution < -0.4 is 10.2 Å². The number of thiophene rings is 1. The molecule has 9 heteroatoms. The van der Waals surface area contributed by atoms with E-state index in [0.717, 1.165) is 40.4 Å². The molecule has 5 rings (SSSR count). The normalized spacial score (nSPS) is 14.2. The fourth-order valence-corrected chi connectivity index (χ4v) is 4.83. The van der Waals surface area contributed by atoms with Crippen molar-refractivity contribution in [1.29, 1.82) is 0 Å². The average molecular weight is 436 g/mol. The Morgan fingerprint density at radius 1 is 1.16 bits per heavy atom. The number of amides is 1. The van der Waals surface area contributed by atoms with E-state index in [1.54, 1.807) is 18.5 Å². The summed E-state index contributed by atoms with van der Waals surface area (Å²) in [6.07, 6.45) is 3.28. The van der Waals surface area contributed by atoms with Crippen molar-refractivity contribution in [3.05, 3.63) is 52.9 Å². The van der Waals surface area contributed by atoms with Crippen LogP contribution in [0.1, 0.15) is 20.9 Å². The number of carbonyl (C=O) groups excluding carboxylic acids is 1. The van der Waals surface area contributed by atoms with Gasteiger partial charge in [0.15, 0.2) is 11.6 Å². The second-order valence-corrected chi connectivity index (χ2v) is 8.30. The van der Waals surface area contributed by atoms with Gasteiger partial charge in [-0.25, -0.2) is 15.0 Å². The van der Waals surface area contributed by atoms with Gasteiger partial charge < -0.3 is 19.4 Å². The van der Waals surface area contributed by atoms with E-state index in [1.165, 1.54) is 11.3 Å². The zero-order valence-electron chi connectivity index (χ0n) is 17.2. The predicted molar refractivity (Wildman–Crippen MR) is 120 cm³/mol. The number of ether oxygens (including phenoxy) is 1. The largest absolute Gasteiger partial charge is 0.461 e. The van der Waals surface area contributed by atoms with Crippen molar-refractivity contribution in [2.75, 3.05) is 36.5 Å². The van der Waals surface area contributed by atoms with Crippen LogP contribution >= 0.6 is 11.3 Å². The Morgan fingerprint density at radius 2 is 2.00 bits per heavy atom. The predicted octanol–water partition coefficient (Wildman–Crippen LogP) is 4.05. The maximum atomic E-state index is 13.0. The third-order valence-electron chi connectivity index (χ3n) is 5.26. The van der Waals surface area contributed by atoms with Gasteiger partial charge in [-0.05, 0) is 43.7 Å². The Labute approximate surface area is 182 Å². The van der Waals surface area contributed by atoms with E-state index in [9.17, 15) is 4.79 Å². The Hall–Kier alpha value is -3.30. The lowest BCUT2D eigenvalue weighted by Gasteiger charge is -2.27. The summed E-state index contributed by atoms with van der Waals surface area (Å²) in [6.45, 7) is 6.90. The summed E-state index contributed by atoms with van der Waals surface area (Å²) in [5.74, 6) is 1.83. The fourth-order valence-electron chi connectivity index (χ4n) is 3.70. The van der Waals surface area contributed by atoms with Gasteiger partial charge in [0.25, 0.3) is 5.91 Å². The molecule has 0 aliphatic carbocycles. The van der Waals surface area contributed by atoms with Crippen LogP contribution in [0.4, 0.5) is 11.5 Å². The molecule has 158 valence electrons. The molecule has 0 radical (unpaired) electrons. The average Bonchev–Trinajstić information content (AvgIpc) is 3.43. The molecule has 1 aliphatic rings. The number of rotatable bonds is 4. The first kappa shape index (κ1) is 19.7. The summed E-state index contributed by atoms with van der Waals surface area (Å²) in [7, 11) is 0. The molecule has 0 spiro atoms. The lowest BCUT2D eigenvalue weighted by atomic mass is 10.1. The smallest absolute Gasteiger partial charge is 0.266 e. The third kappa shape index (κ3) is 3.77. The Kier molecular flexibility index (Phi) is 5.13. The number of hydrogen-bond acceptors (Lipinski definition) is 8. The van der Waals surface area contributed by atoms with Crippen LogP contribution in [0.25, 0.3) is 21.8 Å². The van der Waals surface area contributed by atoms with E-state index in [2.05, 4.69) is 25.2 Å². The maximum Gasteiger partial charge on any atom is 0.266 e. The summed E-state index contributed by atoms with van der Waals surface area (Å²) >= 11 is 1.36. The molecule has 1 saturated heterocycles. The summed E-state index contributed by atoms with van der Waals surface area (Å²) in [4.78, 5) is 30.2. The standard InChI is InChI=1S/C22H21N5O3S/c1-13-18-14(2)24-20(16-4-3-9-30-16)26-22(18)31-19(13)21(28)25-15-5-6-17(23-12-15)27-7-10-29-11-8-27/h3-6,9,12H,7-8,10-11H2,1-2H3,(H,25,28). The number of morpholine rings is 1. The molecule has 8 nitrogen and oxygen atoms in total. The Morgan fingerprint density at radius 3 is 2.71 bits per heavy atom. The molecule has 0 saturated carbocycles. The first-order valence-corrected chi connectivity index (χ1v) is 10.8. The Balaban J connectivity index is 1.39. The topological polar surface area (TPSA) is 93.4 Å². The third-order valence-corrected chi connectivity index (χ3v) is 6.44. The van der Waals surface area contributed by atoms with Gasteiger partial charge in [0, 0.05) is 18.5 Å². The van der Waals surface area contributed by atoms with Gasteiger partial charge in [-0.2, -0.15) is 0 Å². The van der Waals surface area contributed by atoms with Gasteiger partial charge in [0.1, 0.15) is 10.6 Å². The highest BCUT2D eigenvalue weighted by molar-refractivity contribution is 7.20. The van der Waals surface area contributed by atoms with Crippen molar-refractivity contribution < 1.29 is 13.9 Å². The first-order valence-electron chi connectivity index (χ1n) is 10.0. The van der Waals surface area contributed by atoms with Crippen molar-refractivity contribution in [1.82, 2.24) is 15.0 Å². The van der Waals surface area contributed by atoms with Crippen LogP contribution in [0.15, 0.2) is 41.1 Å². The van der Waals surface area contributed by atoms with Crippen LogP contribution in [0.5, 0.6) is 0 Å². The molecule has 1 aliphatic heterocycles. The fraction of sp³-hybridized carbons (Fsp3) is 0.273. The molecule has 0 aromatic carbocycles. The summed E-state index contributed by atoms with van der Waals surface area (Å²) in [6, 6.07) is 7.42. The highest BCUT2D eigenvalue weighted by Gasteiger charge is 2.20. The number of pyridine rings is 1. The van der Waals surface area contributed by atoms with E-state index >= 15 is 0 Å². The molecule has 1 amide bonds. The molecule has 0 bridgehead atoms. The summed E-state index contributed by atoms with van der Waals surface area (Å²) in [5.41, 5.74) is 2.34. The molecule has 1 N–H and O–H groups in total. The van der Waals surface area contributed by atoms with E-state index in [1.807, 2.05) is 32.0 Å². The first-order chi connectivity index (χ1) is 15.1. The molecule has 0 atom stereocenters. The van der Waals surface area contributed by atoms with Gasteiger partial charge in [-0.1, -0.05) is 0 Å². The summed E-state index contributed by atoms with van der Waals surface area (Å²) < 4.78 is 10.8. The van der Waals surface area contributed by atoms with Crippen LogP contribution in [0.2, 0.25) is 0 Å². The van der Waals surface area contributed by atoms with Crippen LogP contribution in [0.3, 0.4) is 0 Å². The van der Waals surface area contributed by atoms with Gasteiger partial charge in [-0.3, -0.25) is 4.79 Å². The number of nitrogens with one attached hydrogen (secondary N) is 1. The molecule has 31 heavy (non-hydrogen) atoms. The summed E-state index contributed by atoms with van der Waals surface area (Å²) in [5, 5.41) is 3.86. The van der Waals surface area contributed by atoms with Crippen molar-refractivity contribution in [3.8, 4) is 11.6 Å². The number of aromatic nitrogens is 3. The van der Waals surface area contributed by atoms with Crippen LogP contribution in [0, 0.1) is 13.8 Å². The van der Waals surface area contributed by atoms with Crippen LogP contribution in [-0.4, -0.2) is 47.2 Å². The van der Waals surface area contributed by atoms with Gasteiger partial charge in [0.2, 0.25) is 0 Å². The molecular weight excluding hydrogens is 414 g/mol. The molecule has 4 aromatic heterocycles. The van der Waals surface area contributed by atoms with Crippen molar-refractivity contribution >= 4 is 39.0 Å². The zero-order chi connectivity index (χ0) is 21.4.